The van der Waals surface area contributed by atoms with Crippen LogP contribution < -0.4 is 44.1 Å². The Labute approximate surface area is 372 Å². The number of fused-ring (bicyclic) bond motifs is 2. The number of hydrogen-bond acceptors (Lipinski definition) is 10. The maximum atomic E-state index is 14.4. The minimum atomic E-state index is -1.09. The number of rotatable bonds is 14. The Morgan fingerprint density at radius 3 is 1.64 bits per heavy atom. The Morgan fingerprint density at radius 2 is 1.06 bits per heavy atom. The van der Waals surface area contributed by atoms with Crippen molar-refractivity contribution in [2.75, 3.05) is 39.3 Å². The first-order valence-corrected chi connectivity index (χ1v) is 21.5. The third-order valence-corrected chi connectivity index (χ3v) is 10.6. The average molecular weight is 871 g/mol. The van der Waals surface area contributed by atoms with Crippen molar-refractivity contribution < 1.29 is 24.0 Å². The summed E-state index contributed by atoms with van der Waals surface area (Å²) in [4.78, 5) is 74.5. The van der Waals surface area contributed by atoms with Crippen LogP contribution in [0.4, 0.5) is 0 Å². The second kappa shape index (κ2) is 23.5. The zero-order valence-electron chi connectivity index (χ0n) is 35.9. The van der Waals surface area contributed by atoms with Gasteiger partial charge in [0.2, 0.25) is 17.7 Å². The molecule has 2 atom stereocenters. The van der Waals surface area contributed by atoms with Crippen LogP contribution in [0.1, 0.15) is 42.4 Å². The van der Waals surface area contributed by atoms with Gasteiger partial charge in [-0.15, -0.1) is 0 Å². The van der Waals surface area contributed by atoms with Crippen molar-refractivity contribution in [2.45, 2.75) is 57.3 Å². The molecule has 1 aliphatic rings. The Balaban J connectivity index is 1.34. The summed E-state index contributed by atoms with van der Waals surface area (Å²) in [5.41, 5.74) is 28.0. The monoisotopic (exact) mass is 870 g/mol. The molecule has 17 nitrogen and oxygen atoms in total. The van der Waals surface area contributed by atoms with E-state index in [4.69, 9.17) is 17.2 Å². The molecule has 336 valence electrons. The molecule has 64 heavy (non-hydrogen) atoms. The van der Waals surface area contributed by atoms with Crippen molar-refractivity contribution in [1.29, 1.82) is 0 Å². The highest BCUT2D eigenvalue weighted by molar-refractivity contribution is 5.91. The van der Waals surface area contributed by atoms with E-state index in [2.05, 4.69) is 31.9 Å². The zero-order valence-corrected chi connectivity index (χ0v) is 35.9. The molecule has 1 aliphatic heterocycles. The van der Waals surface area contributed by atoms with E-state index in [1.807, 2.05) is 115 Å². The number of nitrogens with one attached hydrogen (secondary N) is 5. The molecule has 0 unspecified atom stereocenters. The third-order valence-electron chi connectivity index (χ3n) is 10.6. The van der Waals surface area contributed by atoms with Crippen LogP contribution in [0.25, 0.3) is 21.5 Å². The SMILES string of the molecule is NCCCCN1CC(=O)N[C@@H](CCCN=C(N)N)C(=O)NN(Cc2ccc3ccccc3c2)CC(=O)N[C@@H](Cc2ccccc2)C(=O)NN(Cc2ccc3ccccc3c2)CC(=O)N1. The molecule has 5 amide bonds. The van der Waals surface area contributed by atoms with Gasteiger partial charge in [-0.3, -0.25) is 45.2 Å². The first-order valence-electron chi connectivity index (χ1n) is 21.5. The van der Waals surface area contributed by atoms with E-state index in [0.717, 1.165) is 38.2 Å². The van der Waals surface area contributed by atoms with Gasteiger partial charge in [0.15, 0.2) is 5.96 Å². The number of nitrogens with zero attached hydrogens (tertiary/aromatic N) is 4. The molecular formula is C47H58N12O5. The van der Waals surface area contributed by atoms with Crippen molar-refractivity contribution in [1.82, 2.24) is 41.9 Å². The van der Waals surface area contributed by atoms with E-state index < -0.39 is 41.6 Å². The van der Waals surface area contributed by atoms with E-state index in [9.17, 15) is 24.0 Å². The van der Waals surface area contributed by atoms with Gasteiger partial charge < -0.3 is 27.8 Å². The number of guanidine groups is 1. The lowest BCUT2D eigenvalue weighted by Crippen LogP contribution is -2.59. The normalized spacial score (nSPS) is 18.0. The second-order valence-corrected chi connectivity index (χ2v) is 15.9. The van der Waals surface area contributed by atoms with Gasteiger partial charge in [-0.2, -0.15) is 0 Å². The predicted molar refractivity (Wildman–Crippen MR) is 247 cm³/mol. The molecular weight excluding hydrogens is 813 g/mol. The number of nitrogens with two attached hydrogens (primary N) is 3. The number of amides is 5. The molecule has 1 heterocycles. The highest BCUT2D eigenvalue weighted by Crippen LogP contribution is 2.18. The lowest BCUT2D eigenvalue weighted by Gasteiger charge is -2.30. The molecule has 0 radical (unpaired) electrons. The average Bonchev–Trinajstić information content (AvgIpc) is 3.27. The van der Waals surface area contributed by atoms with Crippen molar-refractivity contribution in [2.24, 2.45) is 22.2 Å². The lowest BCUT2D eigenvalue weighted by molar-refractivity contribution is -0.139. The van der Waals surface area contributed by atoms with Gasteiger partial charge in [0.05, 0.1) is 19.6 Å². The van der Waals surface area contributed by atoms with Crippen LogP contribution >= 0.6 is 0 Å². The third kappa shape index (κ3) is 14.6. The van der Waals surface area contributed by atoms with Gasteiger partial charge in [-0.25, -0.2) is 15.0 Å². The van der Waals surface area contributed by atoms with Crippen LogP contribution in [0.15, 0.2) is 120 Å². The molecule has 0 spiro atoms. The smallest absolute Gasteiger partial charge is 0.257 e. The van der Waals surface area contributed by atoms with Gasteiger partial charge in [-0.05, 0) is 82.6 Å². The van der Waals surface area contributed by atoms with E-state index in [0.29, 0.717) is 25.8 Å². The van der Waals surface area contributed by atoms with Gasteiger partial charge in [0.25, 0.3) is 11.8 Å². The fraction of sp³-hybridized carbons (Fsp3) is 0.319. The largest absolute Gasteiger partial charge is 0.370 e. The fourth-order valence-electron chi connectivity index (χ4n) is 7.52. The Morgan fingerprint density at radius 1 is 0.547 bits per heavy atom. The van der Waals surface area contributed by atoms with Gasteiger partial charge in [0.1, 0.15) is 12.1 Å². The standard InChI is InChI=1S/C47H58N12O5/c48-22-8-9-24-57-30-42(60)52-40(17-10-23-51-47(49)50)45(63)55-58(28-34-18-20-36-13-4-6-15-38(36)25-34)31-43(61)53-41(27-33-11-2-1-3-12-33)46(64)56-59(32-44(62)54-57)29-35-19-21-37-14-5-7-16-39(37)26-35/h1-7,11-16,18-21,25-26,40-41H,8-10,17,22-24,27-32,48H2,(H,52,60)(H,53,61)(H,54,62)(H,55,63)(H,56,64)(H4,49,50,51)/t40-,41-/m0/s1. The Kier molecular flexibility index (Phi) is 17.1. The van der Waals surface area contributed by atoms with Crippen molar-refractivity contribution in [3.8, 4) is 0 Å². The van der Waals surface area contributed by atoms with E-state index in [-0.39, 0.29) is 64.6 Å². The summed E-state index contributed by atoms with van der Waals surface area (Å²) in [6.07, 6.45) is 1.81. The molecule has 11 N–H and O–H groups in total. The topological polar surface area (TPSA) is 246 Å². The molecule has 1 saturated heterocycles. The van der Waals surface area contributed by atoms with Gasteiger partial charge in [0, 0.05) is 32.6 Å². The molecule has 1 fully saturated rings. The maximum Gasteiger partial charge on any atom is 0.257 e. The molecule has 0 aliphatic carbocycles. The van der Waals surface area contributed by atoms with Crippen LogP contribution in [-0.4, -0.2) is 102 Å². The number of hydrogen-bond donors (Lipinski definition) is 8. The molecule has 0 bridgehead atoms. The van der Waals surface area contributed by atoms with Crippen LogP contribution in [-0.2, 0) is 43.5 Å². The molecule has 5 aromatic rings. The number of unbranched alkanes of at least 4 members (excludes halogenated alkanes) is 1. The van der Waals surface area contributed by atoms with E-state index in [1.54, 1.807) is 0 Å². The van der Waals surface area contributed by atoms with Crippen molar-refractivity contribution in [3.63, 3.8) is 0 Å². The van der Waals surface area contributed by atoms with Gasteiger partial charge in [-0.1, -0.05) is 103 Å². The number of carbonyl (C=O) groups excluding carboxylic acids is 5. The summed E-state index contributed by atoms with van der Waals surface area (Å²) in [5.74, 6) is -2.86. The minimum Gasteiger partial charge on any atom is -0.370 e. The first kappa shape index (κ1) is 46.6. The summed E-state index contributed by atoms with van der Waals surface area (Å²) in [6, 6.07) is 34.6. The van der Waals surface area contributed by atoms with Crippen molar-refractivity contribution >= 4 is 57.0 Å². The summed E-state index contributed by atoms with van der Waals surface area (Å²) in [6.45, 7) is 0.165. The minimum absolute atomic E-state index is 0.106. The second-order valence-electron chi connectivity index (χ2n) is 15.9. The van der Waals surface area contributed by atoms with E-state index in [1.165, 1.54) is 15.0 Å². The van der Waals surface area contributed by atoms with Crippen molar-refractivity contribution in [3.05, 3.63) is 132 Å². The maximum absolute atomic E-state index is 14.4. The molecule has 5 aromatic carbocycles. The first-order chi connectivity index (χ1) is 31.0. The number of aliphatic imine (C=N–C) groups is 1. The van der Waals surface area contributed by atoms with Crippen LogP contribution in [0.2, 0.25) is 0 Å². The van der Waals surface area contributed by atoms with E-state index >= 15 is 0 Å². The predicted octanol–water partition coefficient (Wildman–Crippen LogP) is 1.71. The summed E-state index contributed by atoms with van der Waals surface area (Å²) in [7, 11) is 0. The number of carbonyl (C=O) groups is 5. The van der Waals surface area contributed by atoms with Crippen LogP contribution in [0.3, 0.4) is 0 Å². The lowest BCUT2D eigenvalue weighted by atomic mass is 10.1. The van der Waals surface area contributed by atoms with Crippen LogP contribution in [0.5, 0.6) is 0 Å². The zero-order chi connectivity index (χ0) is 45.3. The Hall–Kier alpha value is -6.92. The quantitative estimate of drug-likeness (QED) is 0.0454. The molecule has 17 heteroatoms. The summed E-state index contributed by atoms with van der Waals surface area (Å²) < 4.78 is 0. The highest BCUT2D eigenvalue weighted by atomic mass is 16.2. The number of benzene rings is 5. The molecule has 0 saturated carbocycles. The molecule has 6 rings (SSSR count). The van der Waals surface area contributed by atoms with Crippen LogP contribution in [0, 0.1) is 0 Å². The fourth-order valence-corrected chi connectivity index (χ4v) is 7.52. The number of hydrazine groups is 3. The van der Waals surface area contributed by atoms with Gasteiger partial charge >= 0.3 is 0 Å². The Bertz CT molecular complexity index is 2410. The highest BCUT2D eigenvalue weighted by Gasteiger charge is 2.29. The summed E-state index contributed by atoms with van der Waals surface area (Å²) in [5, 5.41) is 14.2. The molecule has 0 aromatic heterocycles. The summed E-state index contributed by atoms with van der Waals surface area (Å²) >= 11 is 0.